The first-order valence-electron chi connectivity index (χ1n) is 6.42. The van der Waals surface area contributed by atoms with Gasteiger partial charge in [0.2, 0.25) is 0 Å². The summed E-state index contributed by atoms with van der Waals surface area (Å²) in [6.45, 7) is 2.41. The number of carbonyl (C=O) groups excluding carboxylic acids is 2. The lowest BCUT2D eigenvalue weighted by Gasteiger charge is -2.33. The van der Waals surface area contributed by atoms with E-state index in [9.17, 15) is 9.59 Å². The van der Waals surface area contributed by atoms with Crippen LogP contribution < -0.4 is 0 Å². The van der Waals surface area contributed by atoms with Crippen LogP contribution in [0.5, 0.6) is 0 Å². The van der Waals surface area contributed by atoms with Crippen LogP contribution in [0.4, 0.5) is 4.79 Å². The molecule has 0 aromatic rings. The number of amides is 1. The molecule has 20 heavy (non-hydrogen) atoms. The van der Waals surface area contributed by atoms with Gasteiger partial charge in [0.1, 0.15) is 6.07 Å². The van der Waals surface area contributed by atoms with Crippen LogP contribution in [0.1, 0.15) is 13.3 Å². The summed E-state index contributed by atoms with van der Waals surface area (Å²) in [5, 5.41) is 8.99. The molecule has 0 aromatic carbocycles. The third kappa shape index (κ3) is 2.41. The van der Waals surface area contributed by atoms with Gasteiger partial charge in [-0.15, -0.1) is 0 Å². The summed E-state index contributed by atoms with van der Waals surface area (Å²) in [6, 6.07) is 1.87. The normalized spacial score (nSPS) is 27.8. The minimum absolute atomic E-state index is 0.0279. The number of ether oxygens (including phenoxy) is 3. The molecule has 7 nitrogen and oxygen atoms in total. The van der Waals surface area contributed by atoms with Gasteiger partial charge in [-0.2, -0.15) is 5.26 Å². The number of hydrogen-bond donors (Lipinski definition) is 0. The molecule has 2 aliphatic rings. The van der Waals surface area contributed by atoms with Crippen LogP contribution in [0.15, 0.2) is 11.8 Å². The fraction of sp³-hybridized carbons (Fsp3) is 0.615. The second kappa shape index (κ2) is 5.82. The minimum Gasteiger partial charge on any atom is -0.466 e. The first-order chi connectivity index (χ1) is 9.62. The molecule has 1 fully saturated rings. The van der Waals surface area contributed by atoms with E-state index < -0.39 is 24.2 Å². The number of hydrogen-bond acceptors (Lipinski definition) is 6. The average Bonchev–Trinajstić information content (AvgIpc) is 2.89. The molecular formula is C13H16N2O5. The van der Waals surface area contributed by atoms with Crippen molar-refractivity contribution in [2.24, 2.45) is 11.8 Å². The molecule has 0 aliphatic carbocycles. The molecule has 0 aromatic heterocycles. The molecule has 3 atom stereocenters. The topological polar surface area (TPSA) is 88.9 Å². The van der Waals surface area contributed by atoms with Gasteiger partial charge in [-0.05, 0) is 19.4 Å². The fourth-order valence-electron chi connectivity index (χ4n) is 2.61. The predicted octanol–water partition coefficient (Wildman–Crippen LogP) is 1.02. The Morgan fingerprint density at radius 3 is 2.95 bits per heavy atom. The number of nitrogens with zero attached hydrogens (tertiary/aromatic N) is 2. The summed E-state index contributed by atoms with van der Waals surface area (Å²) in [4.78, 5) is 25.0. The van der Waals surface area contributed by atoms with Gasteiger partial charge in [-0.25, -0.2) is 4.79 Å². The Morgan fingerprint density at radius 1 is 1.60 bits per heavy atom. The van der Waals surface area contributed by atoms with E-state index >= 15 is 0 Å². The van der Waals surface area contributed by atoms with Crippen molar-refractivity contribution in [3.63, 3.8) is 0 Å². The van der Waals surface area contributed by atoms with Crippen molar-refractivity contribution >= 4 is 12.1 Å². The molecular weight excluding hydrogens is 264 g/mol. The zero-order valence-electron chi connectivity index (χ0n) is 11.4. The van der Waals surface area contributed by atoms with E-state index in [0.29, 0.717) is 13.0 Å². The molecule has 0 spiro atoms. The molecule has 7 heteroatoms. The maximum atomic E-state index is 12.0. The van der Waals surface area contributed by atoms with Gasteiger partial charge in [-0.3, -0.25) is 9.69 Å². The molecule has 2 aliphatic heterocycles. The third-order valence-electron chi connectivity index (χ3n) is 3.49. The smallest absolute Gasteiger partial charge is 0.412 e. The van der Waals surface area contributed by atoms with E-state index in [0.717, 1.165) is 0 Å². The number of carbonyl (C=O) groups is 2. The van der Waals surface area contributed by atoms with Gasteiger partial charge in [0.15, 0.2) is 12.0 Å². The van der Waals surface area contributed by atoms with Crippen LogP contribution in [-0.4, -0.2) is 43.5 Å². The zero-order chi connectivity index (χ0) is 14.7. The predicted molar refractivity (Wildman–Crippen MR) is 65.9 cm³/mol. The van der Waals surface area contributed by atoms with Crippen molar-refractivity contribution in [2.75, 3.05) is 20.3 Å². The Morgan fingerprint density at radius 2 is 2.35 bits per heavy atom. The SMILES string of the molecule is CCOC(=O)C1C=C(C#N)OC2C1CCN2C(=O)OC. The molecule has 0 saturated carbocycles. The largest absolute Gasteiger partial charge is 0.466 e. The Balaban J connectivity index is 2.25. The van der Waals surface area contributed by atoms with Crippen LogP contribution in [-0.2, 0) is 19.0 Å². The molecule has 0 radical (unpaired) electrons. The van der Waals surface area contributed by atoms with Crippen molar-refractivity contribution in [3.8, 4) is 6.07 Å². The molecule has 2 heterocycles. The van der Waals surface area contributed by atoms with Crippen LogP contribution in [0, 0.1) is 23.2 Å². The number of fused-ring (bicyclic) bond motifs is 1. The quantitative estimate of drug-likeness (QED) is 0.701. The van der Waals surface area contributed by atoms with Gasteiger partial charge in [0, 0.05) is 12.5 Å². The Bertz CT molecular complexity index is 482. The van der Waals surface area contributed by atoms with Crippen molar-refractivity contribution < 1.29 is 23.8 Å². The Labute approximate surface area is 116 Å². The average molecular weight is 280 g/mol. The summed E-state index contributed by atoms with van der Waals surface area (Å²) in [5.41, 5.74) is 0. The van der Waals surface area contributed by atoms with Crippen LogP contribution in [0.3, 0.4) is 0 Å². The van der Waals surface area contributed by atoms with E-state index in [1.54, 1.807) is 6.92 Å². The van der Waals surface area contributed by atoms with Gasteiger partial charge in [-0.1, -0.05) is 0 Å². The lowest BCUT2D eigenvalue weighted by Crippen LogP contribution is -2.44. The van der Waals surface area contributed by atoms with Crippen LogP contribution >= 0.6 is 0 Å². The van der Waals surface area contributed by atoms with Crippen molar-refractivity contribution in [1.82, 2.24) is 4.90 Å². The summed E-state index contributed by atoms with van der Waals surface area (Å²) in [7, 11) is 1.28. The highest BCUT2D eigenvalue weighted by Crippen LogP contribution is 2.38. The highest BCUT2D eigenvalue weighted by Gasteiger charge is 2.48. The van der Waals surface area contributed by atoms with E-state index in [2.05, 4.69) is 4.74 Å². The van der Waals surface area contributed by atoms with Gasteiger partial charge >= 0.3 is 12.1 Å². The summed E-state index contributed by atoms with van der Waals surface area (Å²) >= 11 is 0. The van der Waals surface area contributed by atoms with Crippen LogP contribution in [0.2, 0.25) is 0 Å². The molecule has 0 N–H and O–H groups in total. The second-order valence-corrected chi connectivity index (χ2v) is 4.54. The lowest BCUT2D eigenvalue weighted by atomic mass is 9.88. The Hall–Kier alpha value is -2.23. The summed E-state index contributed by atoms with van der Waals surface area (Å²) in [6.07, 6.45) is 0.883. The summed E-state index contributed by atoms with van der Waals surface area (Å²) < 4.78 is 15.2. The fourth-order valence-corrected chi connectivity index (χ4v) is 2.61. The molecule has 1 saturated heterocycles. The standard InChI is InChI=1S/C13H16N2O5/c1-3-19-12(16)10-6-8(7-14)20-11-9(10)4-5-15(11)13(17)18-2/h6,9-11H,3-5H2,1-2H3. The number of rotatable bonds is 2. The van der Waals surface area contributed by atoms with Gasteiger partial charge < -0.3 is 14.2 Å². The van der Waals surface area contributed by atoms with Crippen molar-refractivity contribution in [3.05, 3.63) is 11.8 Å². The monoisotopic (exact) mass is 280 g/mol. The van der Waals surface area contributed by atoms with Crippen molar-refractivity contribution in [2.45, 2.75) is 19.6 Å². The number of methoxy groups -OCH3 is 1. The lowest BCUT2D eigenvalue weighted by molar-refractivity contribution is -0.151. The first-order valence-corrected chi connectivity index (χ1v) is 6.42. The van der Waals surface area contributed by atoms with Crippen LogP contribution in [0.25, 0.3) is 0 Å². The third-order valence-corrected chi connectivity index (χ3v) is 3.49. The molecule has 3 unspecified atom stereocenters. The number of allylic oxidation sites excluding steroid dienone is 1. The van der Waals surface area contributed by atoms with E-state index in [1.165, 1.54) is 18.1 Å². The number of esters is 1. The molecule has 2 rings (SSSR count). The maximum Gasteiger partial charge on any atom is 0.412 e. The summed E-state index contributed by atoms with van der Waals surface area (Å²) in [5.74, 6) is -1.16. The Kier molecular flexibility index (Phi) is 4.13. The highest BCUT2D eigenvalue weighted by atomic mass is 16.6. The minimum atomic E-state index is -0.656. The molecule has 108 valence electrons. The van der Waals surface area contributed by atoms with E-state index in [1.807, 2.05) is 6.07 Å². The van der Waals surface area contributed by atoms with Crippen molar-refractivity contribution in [1.29, 1.82) is 5.26 Å². The molecule has 0 bridgehead atoms. The second-order valence-electron chi connectivity index (χ2n) is 4.54. The maximum absolute atomic E-state index is 12.0. The molecule has 1 amide bonds. The first kappa shape index (κ1) is 14.2. The van der Waals surface area contributed by atoms with E-state index in [-0.39, 0.29) is 18.3 Å². The van der Waals surface area contributed by atoms with E-state index in [4.69, 9.17) is 14.7 Å². The number of likely N-dealkylation sites (tertiary alicyclic amines) is 1. The van der Waals surface area contributed by atoms with Gasteiger partial charge in [0.25, 0.3) is 0 Å². The highest BCUT2D eigenvalue weighted by molar-refractivity contribution is 5.76. The number of nitriles is 1. The zero-order valence-corrected chi connectivity index (χ0v) is 11.4. The van der Waals surface area contributed by atoms with Gasteiger partial charge in [0.05, 0.1) is 19.6 Å².